The van der Waals surface area contributed by atoms with Crippen LogP contribution in [0.4, 0.5) is 0 Å². The van der Waals surface area contributed by atoms with E-state index in [1.165, 1.54) is 7.11 Å². The topological polar surface area (TPSA) is 67.4 Å². The number of hydrogen-bond acceptors (Lipinski definition) is 3. The first-order valence-corrected chi connectivity index (χ1v) is 6.66. The SMILES string of the molecule is C#CCNC(=O)C(NC(=O)c1ccccc1OC)C(C)C. The molecule has 5 heteroatoms. The molecule has 1 aromatic rings. The summed E-state index contributed by atoms with van der Waals surface area (Å²) in [6.45, 7) is 3.83. The molecule has 0 spiro atoms. The molecule has 0 bridgehead atoms. The first-order chi connectivity index (χ1) is 10.0. The highest BCUT2D eigenvalue weighted by Gasteiger charge is 2.25. The van der Waals surface area contributed by atoms with Gasteiger partial charge in [-0.2, -0.15) is 0 Å². The highest BCUT2D eigenvalue weighted by Crippen LogP contribution is 2.17. The fourth-order valence-electron chi connectivity index (χ4n) is 1.83. The molecule has 0 saturated carbocycles. The van der Waals surface area contributed by atoms with E-state index < -0.39 is 6.04 Å². The van der Waals surface area contributed by atoms with E-state index in [2.05, 4.69) is 16.6 Å². The van der Waals surface area contributed by atoms with E-state index in [9.17, 15) is 9.59 Å². The van der Waals surface area contributed by atoms with Crippen LogP contribution < -0.4 is 15.4 Å². The van der Waals surface area contributed by atoms with Crippen molar-refractivity contribution in [1.29, 1.82) is 0 Å². The number of carbonyl (C=O) groups is 2. The zero-order valence-corrected chi connectivity index (χ0v) is 12.5. The summed E-state index contributed by atoms with van der Waals surface area (Å²) in [6, 6.07) is 6.19. The molecule has 0 saturated heterocycles. The highest BCUT2D eigenvalue weighted by atomic mass is 16.5. The van der Waals surface area contributed by atoms with Crippen LogP contribution in [0, 0.1) is 18.3 Å². The molecule has 5 nitrogen and oxygen atoms in total. The minimum atomic E-state index is -0.657. The van der Waals surface area contributed by atoms with Crippen molar-refractivity contribution in [3.63, 3.8) is 0 Å². The van der Waals surface area contributed by atoms with E-state index in [-0.39, 0.29) is 24.3 Å². The van der Waals surface area contributed by atoms with Crippen LogP contribution in [0.3, 0.4) is 0 Å². The number of amides is 2. The third kappa shape index (κ3) is 4.53. The Morgan fingerprint density at radius 3 is 2.57 bits per heavy atom. The lowest BCUT2D eigenvalue weighted by Gasteiger charge is -2.21. The van der Waals surface area contributed by atoms with Crippen LogP contribution in [0.25, 0.3) is 0 Å². The Kier molecular flexibility index (Phi) is 6.28. The van der Waals surface area contributed by atoms with Gasteiger partial charge in [0.05, 0.1) is 19.2 Å². The number of benzene rings is 1. The monoisotopic (exact) mass is 288 g/mol. The van der Waals surface area contributed by atoms with Gasteiger partial charge in [-0.25, -0.2) is 0 Å². The second-order valence-corrected chi connectivity index (χ2v) is 4.82. The Balaban J connectivity index is 2.86. The summed E-state index contributed by atoms with van der Waals surface area (Å²) < 4.78 is 5.15. The van der Waals surface area contributed by atoms with Gasteiger partial charge in [0.25, 0.3) is 5.91 Å². The van der Waals surface area contributed by atoms with Gasteiger partial charge in [0.2, 0.25) is 5.91 Å². The van der Waals surface area contributed by atoms with Crippen molar-refractivity contribution in [2.45, 2.75) is 19.9 Å². The molecular weight excluding hydrogens is 268 g/mol. The Bertz CT molecular complexity index is 547. The molecular formula is C16H20N2O3. The van der Waals surface area contributed by atoms with Crippen LogP contribution >= 0.6 is 0 Å². The second kappa shape index (κ2) is 7.95. The molecule has 1 aromatic carbocycles. The van der Waals surface area contributed by atoms with Crippen LogP contribution in [0.2, 0.25) is 0 Å². The van der Waals surface area contributed by atoms with Crippen molar-refractivity contribution >= 4 is 11.8 Å². The number of para-hydroxylation sites is 1. The first kappa shape index (κ1) is 16.6. The molecule has 0 heterocycles. The predicted octanol–water partition coefficient (Wildman–Crippen LogP) is 1.20. The molecule has 1 rings (SSSR count). The van der Waals surface area contributed by atoms with Crippen LogP contribution in [-0.2, 0) is 4.79 Å². The number of carbonyl (C=O) groups excluding carboxylic acids is 2. The number of rotatable bonds is 6. The van der Waals surface area contributed by atoms with Gasteiger partial charge in [0.15, 0.2) is 0 Å². The Hall–Kier alpha value is -2.48. The van der Waals surface area contributed by atoms with E-state index in [1.807, 2.05) is 13.8 Å². The van der Waals surface area contributed by atoms with Crippen molar-refractivity contribution in [3.05, 3.63) is 29.8 Å². The maximum absolute atomic E-state index is 12.3. The van der Waals surface area contributed by atoms with Crippen LogP contribution in [0.15, 0.2) is 24.3 Å². The summed E-state index contributed by atoms with van der Waals surface area (Å²) in [6.07, 6.45) is 5.11. The fraction of sp³-hybridized carbons (Fsp3) is 0.375. The molecule has 21 heavy (non-hydrogen) atoms. The van der Waals surface area contributed by atoms with Gasteiger partial charge in [-0.1, -0.05) is 31.9 Å². The van der Waals surface area contributed by atoms with Crippen LogP contribution in [-0.4, -0.2) is 31.5 Å². The number of ether oxygens (including phenoxy) is 1. The summed E-state index contributed by atoms with van der Waals surface area (Å²) in [5.41, 5.74) is 0.385. The van der Waals surface area contributed by atoms with E-state index in [0.29, 0.717) is 11.3 Å². The molecule has 0 fully saturated rings. The van der Waals surface area contributed by atoms with Crippen molar-refractivity contribution < 1.29 is 14.3 Å². The molecule has 0 radical (unpaired) electrons. The minimum absolute atomic E-state index is 0.0681. The normalized spacial score (nSPS) is 11.4. The molecule has 1 atom stereocenters. The first-order valence-electron chi connectivity index (χ1n) is 6.66. The summed E-state index contributed by atoms with van der Waals surface area (Å²) in [4.78, 5) is 24.3. The van der Waals surface area contributed by atoms with E-state index >= 15 is 0 Å². The molecule has 0 aliphatic rings. The van der Waals surface area contributed by atoms with Gasteiger partial charge in [0, 0.05) is 0 Å². The standard InChI is InChI=1S/C16H20N2O3/c1-5-10-17-16(20)14(11(2)3)18-15(19)12-8-6-7-9-13(12)21-4/h1,6-9,11,14H,10H2,2-4H3,(H,17,20)(H,18,19). The predicted molar refractivity (Wildman–Crippen MR) is 80.9 cm³/mol. The Morgan fingerprint density at radius 2 is 2.00 bits per heavy atom. The molecule has 0 aliphatic carbocycles. The fourth-order valence-corrected chi connectivity index (χ4v) is 1.83. The molecule has 0 aromatic heterocycles. The average Bonchev–Trinajstić information content (AvgIpc) is 2.49. The van der Waals surface area contributed by atoms with Gasteiger partial charge in [0.1, 0.15) is 11.8 Å². The van der Waals surface area contributed by atoms with Gasteiger partial charge < -0.3 is 15.4 Å². The van der Waals surface area contributed by atoms with Crippen molar-refractivity contribution in [2.24, 2.45) is 5.92 Å². The van der Waals surface area contributed by atoms with Gasteiger partial charge in [-0.3, -0.25) is 9.59 Å². The third-order valence-corrected chi connectivity index (χ3v) is 2.95. The molecule has 112 valence electrons. The molecule has 0 aliphatic heterocycles. The third-order valence-electron chi connectivity index (χ3n) is 2.95. The summed E-state index contributed by atoms with van der Waals surface area (Å²) in [7, 11) is 1.49. The lowest BCUT2D eigenvalue weighted by Crippen LogP contribution is -2.49. The van der Waals surface area contributed by atoms with E-state index in [0.717, 1.165) is 0 Å². The maximum atomic E-state index is 12.3. The zero-order chi connectivity index (χ0) is 15.8. The largest absolute Gasteiger partial charge is 0.496 e. The average molecular weight is 288 g/mol. The maximum Gasteiger partial charge on any atom is 0.255 e. The Labute approximate surface area is 125 Å². The molecule has 1 unspecified atom stereocenters. The highest BCUT2D eigenvalue weighted by molar-refractivity contribution is 5.99. The number of nitrogens with one attached hydrogen (secondary N) is 2. The second-order valence-electron chi connectivity index (χ2n) is 4.82. The van der Waals surface area contributed by atoms with Crippen molar-refractivity contribution in [3.8, 4) is 18.1 Å². The van der Waals surface area contributed by atoms with Gasteiger partial charge in [-0.05, 0) is 18.1 Å². The van der Waals surface area contributed by atoms with Crippen molar-refractivity contribution in [1.82, 2.24) is 10.6 Å². The van der Waals surface area contributed by atoms with Gasteiger partial charge in [-0.15, -0.1) is 6.42 Å². The lowest BCUT2D eigenvalue weighted by atomic mass is 10.0. The molecule has 2 amide bonds. The summed E-state index contributed by atoms with van der Waals surface area (Å²) >= 11 is 0. The Morgan fingerprint density at radius 1 is 1.33 bits per heavy atom. The number of hydrogen-bond donors (Lipinski definition) is 2. The number of terminal acetylenes is 1. The number of methoxy groups -OCH3 is 1. The van der Waals surface area contributed by atoms with Crippen LogP contribution in [0.1, 0.15) is 24.2 Å². The smallest absolute Gasteiger partial charge is 0.255 e. The van der Waals surface area contributed by atoms with Gasteiger partial charge >= 0.3 is 0 Å². The van der Waals surface area contributed by atoms with Crippen LogP contribution in [0.5, 0.6) is 5.75 Å². The summed E-state index contributed by atoms with van der Waals surface area (Å²) in [5, 5.41) is 5.29. The van der Waals surface area contributed by atoms with Crippen molar-refractivity contribution in [2.75, 3.05) is 13.7 Å². The van der Waals surface area contributed by atoms with E-state index in [1.54, 1.807) is 24.3 Å². The quantitative estimate of drug-likeness (QED) is 0.773. The zero-order valence-electron chi connectivity index (χ0n) is 12.5. The summed E-state index contributed by atoms with van der Waals surface area (Å²) in [5.74, 6) is 2.06. The molecule has 2 N–H and O–H groups in total. The minimum Gasteiger partial charge on any atom is -0.496 e. The lowest BCUT2D eigenvalue weighted by molar-refractivity contribution is -0.123. The van der Waals surface area contributed by atoms with E-state index in [4.69, 9.17) is 11.2 Å².